The summed E-state index contributed by atoms with van der Waals surface area (Å²) in [6.07, 6.45) is 1.20. The maximum atomic E-state index is 5.27. The average Bonchev–Trinajstić information content (AvgIpc) is 2.19. The van der Waals surface area contributed by atoms with Gasteiger partial charge in [-0.25, -0.2) is 0 Å². The lowest BCUT2D eigenvalue weighted by atomic mass is 10.5. The number of hydrogen-bond donors (Lipinski definition) is 1. The van der Waals surface area contributed by atoms with E-state index in [-0.39, 0.29) is 0 Å². The summed E-state index contributed by atoms with van der Waals surface area (Å²) in [5, 5.41) is 0. The molecule has 0 saturated heterocycles. The Balaban J connectivity index is 2.38. The van der Waals surface area contributed by atoms with Crippen LogP contribution in [-0.4, -0.2) is 6.54 Å². The monoisotopic (exact) mass is 83.1 g/mol. The fraction of sp³-hybridized carbons (Fsp3) is 0.600. The van der Waals surface area contributed by atoms with Crippen molar-refractivity contribution in [3.63, 3.8) is 0 Å². The van der Waals surface area contributed by atoms with Crippen molar-refractivity contribution < 1.29 is 0 Å². The lowest BCUT2D eigenvalue weighted by molar-refractivity contribution is 1.19. The first-order valence-electron chi connectivity index (χ1n) is 2.22. The third kappa shape index (κ3) is 0.455. The first-order valence-corrected chi connectivity index (χ1v) is 2.22. The van der Waals surface area contributed by atoms with Crippen LogP contribution in [-0.2, 0) is 0 Å². The highest BCUT2D eigenvalue weighted by molar-refractivity contribution is 5.33. The minimum Gasteiger partial charge on any atom is -0.327 e. The third-order valence-corrected chi connectivity index (χ3v) is 1.20. The minimum atomic E-state index is 0.784. The first kappa shape index (κ1) is 3.88. The van der Waals surface area contributed by atoms with Crippen LogP contribution < -0.4 is 5.73 Å². The zero-order valence-electron chi connectivity index (χ0n) is 3.99. The molecule has 6 heavy (non-hydrogen) atoms. The Morgan fingerprint density at radius 2 is 2.33 bits per heavy atom. The molecular weight excluding hydrogens is 74.1 g/mol. The smallest absolute Gasteiger partial charge is 0.0142 e. The SMILES string of the molecule is CC1=C(CN)C1. The highest BCUT2D eigenvalue weighted by atomic mass is 14.5. The highest BCUT2D eigenvalue weighted by Crippen LogP contribution is 2.27. The molecule has 0 aromatic heterocycles. The van der Waals surface area contributed by atoms with Crippen LogP contribution in [0.3, 0.4) is 0 Å². The maximum Gasteiger partial charge on any atom is 0.0142 e. The van der Waals surface area contributed by atoms with Crippen LogP contribution in [0.15, 0.2) is 11.1 Å². The summed E-state index contributed by atoms with van der Waals surface area (Å²) in [6, 6.07) is 0. The second kappa shape index (κ2) is 1.09. The summed E-state index contributed by atoms with van der Waals surface area (Å²) >= 11 is 0. The molecule has 1 aliphatic carbocycles. The van der Waals surface area contributed by atoms with E-state index in [2.05, 4.69) is 6.92 Å². The molecule has 0 aliphatic heterocycles. The Labute approximate surface area is 37.8 Å². The molecule has 0 saturated carbocycles. The molecule has 0 aromatic rings. The molecule has 1 rings (SSSR count). The van der Waals surface area contributed by atoms with Gasteiger partial charge in [-0.1, -0.05) is 11.1 Å². The molecule has 0 bridgehead atoms. The lowest BCUT2D eigenvalue weighted by Crippen LogP contribution is -1.93. The van der Waals surface area contributed by atoms with Crippen molar-refractivity contribution in [2.75, 3.05) is 6.54 Å². The largest absolute Gasteiger partial charge is 0.327 e. The van der Waals surface area contributed by atoms with E-state index in [4.69, 9.17) is 5.73 Å². The minimum absolute atomic E-state index is 0.784. The maximum absolute atomic E-state index is 5.27. The molecule has 0 aromatic carbocycles. The van der Waals surface area contributed by atoms with Gasteiger partial charge in [0, 0.05) is 6.54 Å². The van der Waals surface area contributed by atoms with Crippen molar-refractivity contribution in [2.45, 2.75) is 13.3 Å². The van der Waals surface area contributed by atoms with E-state index in [0.717, 1.165) is 6.54 Å². The predicted molar refractivity (Wildman–Crippen MR) is 26.4 cm³/mol. The average molecular weight is 83.1 g/mol. The lowest BCUT2D eigenvalue weighted by Gasteiger charge is -1.70. The second-order valence-electron chi connectivity index (χ2n) is 1.76. The van der Waals surface area contributed by atoms with E-state index in [1.807, 2.05) is 0 Å². The Hall–Kier alpha value is -0.300. The second-order valence-corrected chi connectivity index (χ2v) is 1.76. The fourth-order valence-corrected chi connectivity index (χ4v) is 0.522. The van der Waals surface area contributed by atoms with Crippen molar-refractivity contribution in [2.24, 2.45) is 5.73 Å². The third-order valence-electron chi connectivity index (χ3n) is 1.20. The van der Waals surface area contributed by atoms with Crippen molar-refractivity contribution in [3.05, 3.63) is 11.1 Å². The van der Waals surface area contributed by atoms with Crippen molar-refractivity contribution in [3.8, 4) is 0 Å². The molecule has 0 radical (unpaired) electrons. The van der Waals surface area contributed by atoms with Gasteiger partial charge in [0.15, 0.2) is 0 Å². The number of allylic oxidation sites excluding steroid dienone is 1. The molecule has 34 valence electrons. The molecule has 0 heterocycles. The van der Waals surface area contributed by atoms with Gasteiger partial charge in [-0.2, -0.15) is 0 Å². The van der Waals surface area contributed by atoms with Gasteiger partial charge in [0.1, 0.15) is 0 Å². The normalized spacial score (nSPS) is 19.0. The Kier molecular flexibility index (Phi) is 0.701. The van der Waals surface area contributed by atoms with E-state index < -0.39 is 0 Å². The molecule has 1 nitrogen and oxygen atoms in total. The topological polar surface area (TPSA) is 26.0 Å². The van der Waals surface area contributed by atoms with Gasteiger partial charge >= 0.3 is 0 Å². The van der Waals surface area contributed by atoms with E-state index >= 15 is 0 Å². The Bertz CT molecular complexity index is 92.1. The molecule has 1 heteroatoms. The van der Waals surface area contributed by atoms with Crippen molar-refractivity contribution in [1.29, 1.82) is 0 Å². The van der Waals surface area contributed by atoms with Gasteiger partial charge < -0.3 is 5.73 Å². The van der Waals surface area contributed by atoms with Crippen molar-refractivity contribution >= 4 is 0 Å². The molecule has 0 amide bonds. The van der Waals surface area contributed by atoms with Gasteiger partial charge in [-0.05, 0) is 13.3 Å². The molecule has 2 N–H and O–H groups in total. The van der Waals surface area contributed by atoms with Crippen LogP contribution in [0.5, 0.6) is 0 Å². The van der Waals surface area contributed by atoms with Crippen LogP contribution in [0, 0.1) is 0 Å². The summed E-state index contributed by atoms with van der Waals surface area (Å²) in [5.74, 6) is 0. The molecule has 0 fully saturated rings. The summed E-state index contributed by atoms with van der Waals surface area (Å²) in [6.45, 7) is 2.91. The summed E-state index contributed by atoms with van der Waals surface area (Å²) in [4.78, 5) is 0. The van der Waals surface area contributed by atoms with Crippen LogP contribution in [0.4, 0.5) is 0 Å². The van der Waals surface area contributed by atoms with E-state index in [9.17, 15) is 0 Å². The van der Waals surface area contributed by atoms with Crippen LogP contribution in [0.2, 0.25) is 0 Å². The standard InChI is InChI=1S/C5H9N/c1-4-2-5(4)3-6/h2-3,6H2,1H3. The Morgan fingerprint density at radius 1 is 1.83 bits per heavy atom. The molecular formula is C5H9N. The van der Waals surface area contributed by atoms with E-state index in [1.54, 1.807) is 0 Å². The molecule has 0 unspecified atom stereocenters. The molecule has 0 spiro atoms. The summed E-state index contributed by atoms with van der Waals surface area (Å²) in [5.41, 5.74) is 8.22. The van der Waals surface area contributed by atoms with Gasteiger partial charge in [-0.3, -0.25) is 0 Å². The van der Waals surface area contributed by atoms with Gasteiger partial charge in [0.25, 0.3) is 0 Å². The Morgan fingerprint density at radius 3 is 2.33 bits per heavy atom. The molecule has 0 atom stereocenters. The zero-order chi connectivity index (χ0) is 4.57. The fourth-order valence-electron chi connectivity index (χ4n) is 0.522. The number of rotatable bonds is 1. The van der Waals surface area contributed by atoms with Crippen LogP contribution >= 0.6 is 0 Å². The van der Waals surface area contributed by atoms with Crippen molar-refractivity contribution in [1.82, 2.24) is 0 Å². The quantitative estimate of drug-likeness (QED) is 0.463. The summed E-state index contributed by atoms with van der Waals surface area (Å²) < 4.78 is 0. The van der Waals surface area contributed by atoms with Crippen LogP contribution in [0.25, 0.3) is 0 Å². The first-order chi connectivity index (χ1) is 2.84. The highest BCUT2D eigenvalue weighted by Gasteiger charge is 2.12. The van der Waals surface area contributed by atoms with Crippen LogP contribution in [0.1, 0.15) is 13.3 Å². The zero-order valence-corrected chi connectivity index (χ0v) is 3.99. The predicted octanol–water partition coefficient (Wildman–Crippen LogP) is 0.665. The van der Waals surface area contributed by atoms with E-state index in [1.165, 1.54) is 17.6 Å². The summed E-state index contributed by atoms with van der Waals surface area (Å²) in [7, 11) is 0. The van der Waals surface area contributed by atoms with Gasteiger partial charge in [0.05, 0.1) is 0 Å². The number of nitrogens with two attached hydrogens (primary N) is 1. The number of hydrogen-bond acceptors (Lipinski definition) is 1. The van der Waals surface area contributed by atoms with Gasteiger partial charge in [0.2, 0.25) is 0 Å². The van der Waals surface area contributed by atoms with Gasteiger partial charge in [-0.15, -0.1) is 0 Å². The molecule has 1 aliphatic rings. The van der Waals surface area contributed by atoms with E-state index in [0.29, 0.717) is 0 Å².